The van der Waals surface area contributed by atoms with Gasteiger partial charge in [-0.05, 0) is 25.5 Å². The number of nitrogens with zero attached hydrogens (tertiary/aromatic N) is 2. The fraction of sp³-hybridized carbons (Fsp3) is 0.462. The van der Waals surface area contributed by atoms with Crippen molar-refractivity contribution in [2.45, 2.75) is 19.4 Å². The summed E-state index contributed by atoms with van der Waals surface area (Å²) in [5.74, 6) is 0.591. The fourth-order valence-electron chi connectivity index (χ4n) is 2.66. The van der Waals surface area contributed by atoms with Gasteiger partial charge in [0.2, 0.25) is 5.95 Å². The van der Waals surface area contributed by atoms with Gasteiger partial charge in [-0.2, -0.15) is 0 Å². The molecule has 1 aromatic carbocycles. The van der Waals surface area contributed by atoms with Crippen LogP contribution in [0.1, 0.15) is 19.4 Å². The SMILES string of the molecule is CC(C1CCOC1)n1c(N)nc2cc(F)ccc21. The Hall–Kier alpha value is -1.62. The molecule has 0 radical (unpaired) electrons. The largest absolute Gasteiger partial charge is 0.381 e. The zero-order chi connectivity index (χ0) is 12.7. The molecule has 3 rings (SSSR count). The molecule has 2 N–H and O–H groups in total. The quantitative estimate of drug-likeness (QED) is 0.888. The van der Waals surface area contributed by atoms with E-state index in [1.165, 1.54) is 12.1 Å². The van der Waals surface area contributed by atoms with Crippen LogP contribution in [0.2, 0.25) is 0 Å². The lowest BCUT2D eigenvalue weighted by molar-refractivity contribution is 0.176. The van der Waals surface area contributed by atoms with E-state index in [1.54, 1.807) is 6.07 Å². The van der Waals surface area contributed by atoms with Crippen molar-refractivity contribution >= 4 is 17.0 Å². The molecule has 2 unspecified atom stereocenters. The third-order valence-electron chi connectivity index (χ3n) is 3.73. The molecule has 0 bridgehead atoms. The highest BCUT2D eigenvalue weighted by Gasteiger charge is 2.26. The van der Waals surface area contributed by atoms with Crippen molar-refractivity contribution < 1.29 is 9.13 Å². The molecule has 0 aliphatic carbocycles. The monoisotopic (exact) mass is 249 g/mol. The molecular formula is C13H16FN3O. The van der Waals surface area contributed by atoms with Crippen LogP contribution in [0.4, 0.5) is 10.3 Å². The normalized spacial score (nSPS) is 21.6. The number of benzene rings is 1. The number of rotatable bonds is 2. The Morgan fingerprint density at radius 3 is 3.11 bits per heavy atom. The molecule has 1 fully saturated rings. The predicted octanol–water partition coefficient (Wildman–Crippen LogP) is 2.36. The van der Waals surface area contributed by atoms with Crippen LogP contribution in [0.25, 0.3) is 11.0 Å². The second-order valence-electron chi connectivity index (χ2n) is 4.84. The molecule has 1 aliphatic rings. The Balaban J connectivity index is 2.07. The molecule has 0 saturated carbocycles. The van der Waals surface area contributed by atoms with E-state index >= 15 is 0 Å². The number of aromatic nitrogens is 2. The van der Waals surface area contributed by atoms with E-state index in [9.17, 15) is 4.39 Å². The van der Waals surface area contributed by atoms with E-state index in [1.807, 2.05) is 4.57 Å². The van der Waals surface area contributed by atoms with Crippen molar-refractivity contribution in [3.05, 3.63) is 24.0 Å². The van der Waals surface area contributed by atoms with Gasteiger partial charge in [0.1, 0.15) is 5.82 Å². The molecule has 5 heteroatoms. The van der Waals surface area contributed by atoms with Crippen LogP contribution in [-0.4, -0.2) is 22.8 Å². The summed E-state index contributed by atoms with van der Waals surface area (Å²) in [6.45, 7) is 3.66. The molecule has 18 heavy (non-hydrogen) atoms. The van der Waals surface area contributed by atoms with E-state index in [0.717, 1.165) is 25.2 Å². The van der Waals surface area contributed by atoms with Crippen molar-refractivity contribution in [2.75, 3.05) is 18.9 Å². The van der Waals surface area contributed by atoms with E-state index in [2.05, 4.69) is 11.9 Å². The fourth-order valence-corrected chi connectivity index (χ4v) is 2.66. The van der Waals surface area contributed by atoms with E-state index in [0.29, 0.717) is 17.4 Å². The summed E-state index contributed by atoms with van der Waals surface area (Å²) in [5, 5.41) is 0. The molecule has 2 heterocycles. The van der Waals surface area contributed by atoms with Crippen molar-refractivity contribution in [1.29, 1.82) is 0 Å². The average Bonchev–Trinajstić information content (AvgIpc) is 2.94. The smallest absolute Gasteiger partial charge is 0.201 e. The zero-order valence-electron chi connectivity index (χ0n) is 10.3. The van der Waals surface area contributed by atoms with Gasteiger partial charge in [0.25, 0.3) is 0 Å². The van der Waals surface area contributed by atoms with Crippen molar-refractivity contribution in [3.63, 3.8) is 0 Å². The molecule has 2 aromatic rings. The summed E-state index contributed by atoms with van der Waals surface area (Å²) in [6, 6.07) is 4.81. The maximum atomic E-state index is 13.2. The molecule has 4 nitrogen and oxygen atoms in total. The van der Waals surface area contributed by atoms with Gasteiger partial charge in [0.05, 0.1) is 17.6 Å². The molecule has 96 valence electrons. The van der Waals surface area contributed by atoms with E-state index in [-0.39, 0.29) is 11.9 Å². The van der Waals surface area contributed by atoms with Gasteiger partial charge in [-0.1, -0.05) is 0 Å². The minimum Gasteiger partial charge on any atom is -0.381 e. The molecular weight excluding hydrogens is 233 g/mol. The minimum atomic E-state index is -0.288. The Morgan fingerprint density at radius 1 is 1.56 bits per heavy atom. The van der Waals surface area contributed by atoms with Crippen LogP contribution in [0, 0.1) is 11.7 Å². The Bertz CT molecular complexity index is 575. The van der Waals surface area contributed by atoms with Crippen LogP contribution >= 0.6 is 0 Å². The van der Waals surface area contributed by atoms with Gasteiger partial charge in [-0.3, -0.25) is 0 Å². The van der Waals surface area contributed by atoms with Crippen molar-refractivity contribution in [1.82, 2.24) is 9.55 Å². The lowest BCUT2D eigenvalue weighted by Crippen LogP contribution is -2.18. The highest BCUT2D eigenvalue weighted by Crippen LogP contribution is 2.31. The number of hydrogen-bond donors (Lipinski definition) is 1. The maximum Gasteiger partial charge on any atom is 0.201 e. The summed E-state index contributed by atoms with van der Waals surface area (Å²) in [7, 11) is 0. The first-order valence-electron chi connectivity index (χ1n) is 6.17. The lowest BCUT2D eigenvalue weighted by Gasteiger charge is -2.21. The summed E-state index contributed by atoms with van der Waals surface area (Å²) >= 11 is 0. The lowest BCUT2D eigenvalue weighted by atomic mass is 10.0. The number of fused-ring (bicyclic) bond motifs is 1. The first kappa shape index (κ1) is 11.5. The van der Waals surface area contributed by atoms with Crippen LogP contribution in [0.5, 0.6) is 0 Å². The minimum absolute atomic E-state index is 0.211. The number of halogens is 1. The number of imidazole rings is 1. The number of ether oxygens (including phenoxy) is 1. The highest BCUT2D eigenvalue weighted by molar-refractivity contribution is 5.78. The maximum absolute atomic E-state index is 13.2. The molecule has 0 amide bonds. The molecule has 1 aromatic heterocycles. The van der Waals surface area contributed by atoms with Gasteiger partial charge in [-0.25, -0.2) is 9.37 Å². The summed E-state index contributed by atoms with van der Waals surface area (Å²) in [6.07, 6.45) is 1.03. The van der Waals surface area contributed by atoms with Crippen LogP contribution < -0.4 is 5.73 Å². The summed E-state index contributed by atoms with van der Waals surface area (Å²) in [4.78, 5) is 4.23. The first-order valence-corrected chi connectivity index (χ1v) is 6.17. The molecule has 1 saturated heterocycles. The standard InChI is InChI=1S/C13H16FN3O/c1-8(9-4-5-18-7-9)17-12-3-2-10(14)6-11(12)16-13(17)15/h2-3,6,8-9H,4-5,7H2,1H3,(H2,15,16). The number of hydrogen-bond acceptors (Lipinski definition) is 3. The molecule has 2 atom stereocenters. The van der Waals surface area contributed by atoms with Gasteiger partial charge >= 0.3 is 0 Å². The first-order chi connectivity index (χ1) is 8.66. The Labute approximate surface area is 105 Å². The second-order valence-corrected chi connectivity index (χ2v) is 4.84. The number of nitrogen functional groups attached to an aromatic ring is 1. The summed E-state index contributed by atoms with van der Waals surface area (Å²) in [5.41, 5.74) is 7.45. The van der Waals surface area contributed by atoms with Gasteiger partial charge < -0.3 is 15.0 Å². The Morgan fingerprint density at radius 2 is 2.39 bits per heavy atom. The van der Waals surface area contributed by atoms with Gasteiger partial charge in [0.15, 0.2) is 0 Å². The third kappa shape index (κ3) is 1.75. The van der Waals surface area contributed by atoms with Crippen molar-refractivity contribution in [3.8, 4) is 0 Å². The zero-order valence-corrected chi connectivity index (χ0v) is 10.3. The van der Waals surface area contributed by atoms with Crippen LogP contribution in [-0.2, 0) is 4.74 Å². The van der Waals surface area contributed by atoms with Gasteiger partial charge in [0, 0.05) is 24.6 Å². The molecule has 0 spiro atoms. The number of nitrogens with two attached hydrogens (primary N) is 1. The second kappa shape index (κ2) is 4.24. The third-order valence-corrected chi connectivity index (χ3v) is 3.73. The summed E-state index contributed by atoms with van der Waals surface area (Å²) < 4.78 is 20.6. The Kier molecular flexibility index (Phi) is 2.70. The topological polar surface area (TPSA) is 53.1 Å². The van der Waals surface area contributed by atoms with Crippen LogP contribution in [0.15, 0.2) is 18.2 Å². The van der Waals surface area contributed by atoms with Crippen molar-refractivity contribution in [2.24, 2.45) is 5.92 Å². The van der Waals surface area contributed by atoms with Gasteiger partial charge in [-0.15, -0.1) is 0 Å². The molecule has 1 aliphatic heterocycles. The number of anilines is 1. The predicted molar refractivity (Wildman–Crippen MR) is 67.7 cm³/mol. The van der Waals surface area contributed by atoms with E-state index < -0.39 is 0 Å². The van der Waals surface area contributed by atoms with Crippen LogP contribution in [0.3, 0.4) is 0 Å². The van der Waals surface area contributed by atoms with E-state index in [4.69, 9.17) is 10.5 Å². The highest BCUT2D eigenvalue weighted by atomic mass is 19.1. The average molecular weight is 249 g/mol.